The molecule has 1 heterocycles. The van der Waals surface area contributed by atoms with E-state index in [2.05, 4.69) is 29.3 Å². The Morgan fingerprint density at radius 1 is 1.20 bits per heavy atom. The molecule has 0 spiro atoms. The largest absolute Gasteiger partial charge is 0.396 e. The molecular weight excluding hydrogens is 312 g/mol. The van der Waals surface area contributed by atoms with Crippen molar-refractivity contribution in [3.8, 4) is 0 Å². The number of rotatable bonds is 5. The number of nitrogens with one attached hydrogen (secondary N) is 1. The van der Waals surface area contributed by atoms with Crippen molar-refractivity contribution >= 4 is 22.4 Å². The first kappa shape index (κ1) is 17.9. The lowest BCUT2D eigenvalue weighted by molar-refractivity contribution is -0.121. The van der Waals surface area contributed by atoms with E-state index in [0.29, 0.717) is 0 Å². The zero-order chi connectivity index (χ0) is 17.9. The van der Waals surface area contributed by atoms with Crippen LogP contribution in [0.3, 0.4) is 0 Å². The Morgan fingerprint density at radius 3 is 2.52 bits per heavy atom. The topological polar surface area (TPSA) is 52.6 Å². The molecule has 1 amide bonds. The van der Waals surface area contributed by atoms with Crippen LogP contribution in [0.5, 0.6) is 0 Å². The van der Waals surface area contributed by atoms with Crippen molar-refractivity contribution in [1.82, 2.24) is 4.90 Å². The second kappa shape index (κ2) is 7.54. The van der Waals surface area contributed by atoms with E-state index in [1.807, 2.05) is 37.3 Å². The maximum atomic E-state index is 12.6. The minimum atomic E-state index is -0.167. The van der Waals surface area contributed by atoms with Crippen molar-refractivity contribution < 1.29 is 9.90 Å². The van der Waals surface area contributed by atoms with Gasteiger partial charge in [0.15, 0.2) is 0 Å². The van der Waals surface area contributed by atoms with E-state index < -0.39 is 0 Å². The van der Waals surface area contributed by atoms with Gasteiger partial charge in [-0.25, -0.2) is 0 Å². The van der Waals surface area contributed by atoms with Gasteiger partial charge >= 0.3 is 0 Å². The highest BCUT2D eigenvalue weighted by atomic mass is 16.3. The Hall–Kier alpha value is -1.91. The van der Waals surface area contributed by atoms with Gasteiger partial charge in [0.2, 0.25) is 5.91 Å². The van der Waals surface area contributed by atoms with Crippen molar-refractivity contribution in [2.45, 2.75) is 39.2 Å². The van der Waals surface area contributed by atoms with Crippen LogP contribution in [0, 0.1) is 5.41 Å². The number of nitrogens with zero attached hydrogens (tertiary/aromatic N) is 1. The lowest BCUT2D eigenvalue weighted by Crippen LogP contribution is -2.49. The number of aliphatic hydroxyl groups excluding tert-OH is 1. The number of carbonyl (C=O) groups is 1. The molecule has 0 aliphatic carbocycles. The fraction of sp³-hybridized carbons (Fsp3) is 0.476. The molecule has 4 nitrogen and oxygen atoms in total. The first-order chi connectivity index (χ1) is 12.1. The molecule has 4 heteroatoms. The molecule has 2 aromatic carbocycles. The van der Waals surface area contributed by atoms with E-state index in [-0.39, 0.29) is 24.0 Å². The molecule has 3 rings (SSSR count). The zero-order valence-corrected chi connectivity index (χ0v) is 15.2. The van der Waals surface area contributed by atoms with Gasteiger partial charge in [-0.3, -0.25) is 9.69 Å². The summed E-state index contributed by atoms with van der Waals surface area (Å²) in [5, 5.41) is 15.0. The van der Waals surface area contributed by atoms with Gasteiger partial charge in [0.05, 0.1) is 6.04 Å². The van der Waals surface area contributed by atoms with Gasteiger partial charge in [-0.2, -0.15) is 0 Å². The van der Waals surface area contributed by atoms with Crippen LogP contribution in [0.1, 0.15) is 33.1 Å². The highest BCUT2D eigenvalue weighted by molar-refractivity contribution is 5.97. The standard InChI is InChI=1S/C21H28N2O2/c1-3-21(15-24)10-12-23(13-11-21)16(2)20(25)22-19-9-8-17-6-4-5-7-18(17)14-19/h4-9,14,16,24H,3,10-13,15H2,1-2H3,(H,22,25). The number of piperidine rings is 1. The maximum Gasteiger partial charge on any atom is 0.241 e. The number of hydrogen-bond acceptors (Lipinski definition) is 3. The monoisotopic (exact) mass is 340 g/mol. The number of fused-ring (bicyclic) bond motifs is 1. The van der Waals surface area contributed by atoms with Crippen LogP contribution < -0.4 is 5.32 Å². The molecule has 2 aromatic rings. The Labute approximate surface area is 149 Å². The quantitative estimate of drug-likeness (QED) is 0.873. The van der Waals surface area contributed by atoms with E-state index in [0.717, 1.165) is 43.4 Å². The number of carbonyl (C=O) groups excluding carboxylic acids is 1. The Kier molecular flexibility index (Phi) is 5.40. The summed E-state index contributed by atoms with van der Waals surface area (Å²) in [6.45, 7) is 6.08. The van der Waals surface area contributed by atoms with Crippen LogP contribution in [-0.2, 0) is 4.79 Å². The van der Waals surface area contributed by atoms with Crippen molar-refractivity contribution in [1.29, 1.82) is 0 Å². The van der Waals surface area contributed by atoms with Crippen molar-refractivity contribution in [3.63, 3.8) is 0 Å². The predicted octanol–water partition coefficient (Wildman–Crippen LogP) is 3.65. The molecular formula is C21H28N2O2. The summed E-state index contributed by atoms with van der Waals surface area (Å²) < 4.78 is 0. The molecule has 1 unspecified atom stereocenters. The van der Waals surface area contributed by atoms with E-state index >= 15 is 0 Å². The minimum absolute atomic E-state index is 0.0308. The Morgan fingerprint density at radius 2 is 1.88 bits per heavy atom. The molecule has 0 aromatic heterocycles. The number of anilines is 1. The third-order valence-electron chi connectivity index (χ3n) is 5.89. The summed E-state index contributed by atoms with van der Waals surface area (Å²) in [6.07, 6.45) is 2.90. The normalized spacial score (nSPS) is 18.8. The molecule has 1 atom stereocenters. The maximum absolute atomic E-state index is 12.6. The fourth-order valence-corrected chi connectivity index (χ4v) is 3.69. The second-order valence-electron chi connectivity index (χ2n) is 7.27. The molecule has 0 bridgehead atoms. The van der Waals surface area contributed by atoms with Crippen LogP contribution in [0.4, 0.5) is 5.69 Å². The molecule has 1 fully saturated rings. The van der Waals surface area contributed by atoms with Crippen molar-refractivity contribution in [2.24, 2.45) is 5.41 Å². The highest BCUT2D eigenvalue weighted by Gasteiger charge is 2.35. The Balaban J connectivity index is 1.62. The van der Waals surface area contributed by atoms with E-state index in [4.69, 9.17) is 0 Å². The zero-order valence-electron chi connectivity index (χ0n) is 15.2. The first-order valence-corrected chi connectivity index (χ1v) is 9.21. The van der Waals surface area contributed by atoms with Crippen molar-refractivity contribution in [2.75, 3.05) is 25.0 Å². The SMILES string of the molecule is CCC1(CO)CCN(C(C)C(=O)Nc2ccc3ccccc3c2)CC1. The summed E-state index contributed by atoms with van der Waals surface area (Å²) in [7, 11) is 0. The first-order valence-electron chi connectivity index (χ1n) is 9.21. The predicted molar refractivity (Wildman–Crippen MR) is 103 cm³/mol. The molecule has 2 N–H and O–H groups in total. The number of benzene rings is 2. The van der Waals surface area contributed by atoms with Gasteiger partial charge in [0.1, 0.15) is 0 Å². The number of likely N-dealkylation sites (tertiary alicyclic amines) is 1. The molecule has 134 valence electrons. The van der Waals surface area contributed by atoms with Gasteiger partial charge < -0.3 is 10.4 Å². The lowest BCUT2D eigenvalue weighted by atomic mass is 9.76. The molecule has 25 heavy (non-hydrogen) atoms. The van der Waals surface area contributed by atoms with Gasteiger partial charge in [-0.15, -0.1) is 0 Å². The number of hydrogen-bond donors (Lipinski definition) is 2. The van der Waals surface area contributed by atoms with Gasteiger partial charge in [0.25, 0.3) is 0 Å². The Bertz CT molecular complexity index is 730. The number of aliphatic hydroxyl groups is 1. The van der Waals surface area contributed by atoms with Crippen molar-refractivity contribution in [3.05, 3.63) is 42.5 Å². The summed E-state index contributed by atoms with van der Waals surface area (Å²) in [6, 6.07) is 14.0. The third-order valence-corrected chi connectivity index (χ3v) is 5.89. The average molecular weight is 340 g/mol. The van der Waals surface area contributed by atoms with E-state index in [9.17, 15) is 9.90 Å². The van der Waals surface area contributed by atoms with E-state index in [1.54, 1.807) is 0 Å². The van der Waals surface area contributed by atoms with Crippen LogP contribution in [0.2, 0.25) is 0 Å². The van der Waals surface area contributed by atoms with Gasteiger partial charge in [-0.1, -0.05) is 37.3 Å². The second-order valence-corrected chi connectivity index (χ2v) is 7.27. The van der Waals surface area contributed by atoms with Crippen LogP contribution >= 0.6 is 0 Å². The molecule has 1 aliphatic rings. The van der Waals surface area contributed by atoms with Gasteiger partial charge in [0, 0.05) is 12.3 Å². The average Bonchev–Trinajstić information content (AvgIpc) is 2.67. The van der Waals surface area contributed by atoms with Crippen LogP contribution in [-0.4, -0.2) is 41.7 Å². The highest BCUT2D eigenvalue weighted by Crippen LogP contribution is 2.34. The molecule has 1 saturated heterocycles. The summed E-state index contributed by atoms with van der Waals surface area (Å²) in [5.41, 5.74) is 0.885. The minimum Gasteiger partial charge on any atom is -0.396 e. The van der Waals surface area contributed by atoms with E-state index in [1.165, 1.54) is 5.39 Å². The summed E-state index contributed by atoms with van der Waals surface area (Å²) >= 11 is 0. The smallest absolute Gasteiger partial charge is 0.241 e. The third kappa shape index (κ3) is 3.86. The summed E-state index contributed by atoms with van der Waals surface area (Å²) in [5.74, 6) is 0.0308. The molecule has 0 radical (unpaired) electrons. The summed E-state index contributed by atoms with van der Waals surface area (Å²) in [4.78, 5) is 14.9. The van der Waals surface area contributed by atoms with Crippen LogP contribution in [0.15, 0.2) is 42.5 Å². The number of amides is 1. The van der Waals surface area contributed by atoms with Crippen LogP contribution in [0.25, 0.3) is 10.8 Å². The molecule has 1 aliphatic heterocycles. The van der Waals surface area contributed by atoms with Gasteiger partial charge in [-0.05, 0) is 67.6 Å². The lowest BCUT2D eigenvalue weighted by Gasteiger charge is -2.42. The molecule has 0 saturated carbocycles. The fourth-order valence-electron chi connectivity index (χ4n) is 3.69.